The maximum absolute atomic E-state index is 7.37. The first kappa shape index (κ1) is 48.6. The quantitative estimate of drug-likeness (QED) is 0.104. The smallest absolute Gasteiger partial charge is 0.159 e. The van der Waals surface area contributed by atoms with Gasteiger partial charge in [0.25, 0.3) is 0 Å². The van der Waals surface area contributed by atoms with E-state index in [2.05, 4.69) is 232 Å². The molecule has 0 saturated heterocycles. The van der Waals surface area contributed by atoms with Crippen LogP contribution in [0.15, 0.2) is 197 Å². The van der Waals surface area contributed by atoms with Gasteiger partial charge in [0.1, 0.15) is 11.2 Å². The van der Waals surface area contributed by atoms with Crippen molar-refractivity contribution >= 4 is 94.2 Å². The first-order valence-corrected chi connectivity index (χ1v) is 28.6. The van der Waals surface area contributed by atoms with Gasteiger partial charge in [-0.2, -0.15) is 0 Å². The van der Waals surface area contributed by atoms with Crippen LogP contribution in [0.4, 0.5) is 22.7 Å². The van der Waals surface area contributed by atoms with Crippen molar-refractivity contribution in [2.24, 2.45) is 0 Å². The molecule has 4 nitrogen and oxygen atoms in total. The van der Waals surface area contributed by atoms with Gasteiger partial charge in [-0.25, -0.2) is 0 Å². The highest BCUT2D eigenvalue weighted by atomic mass is 16.3. The predicted octanol–water partition coefficient (Wildman–Crippen LogP) is 21.4. The summed E-state index contributed by atoms with van der Waals surface area (Å²) in [4.78, 5) is 2.50. The number of benzene rings is 10. The molecule has 0 radical (unpaired) electrons. The van der Waals surface area contributed by atoms with Crippen molar-refractivity contribution in [2.75, 3.05) is 10.2 Å². The third-order valence-corrected chi connectivity index (χ3v) is 17.2. The fraction of sp³-hybridized carbons (Fsp3) is 0.233. The second kappa shape index (κ2) is 20.8. The number of hydrogen-bond donors (Lipinski definition) is 1. The lowest BCUT2D eigenvalue weighted by atomic mass is 9.83. The largest absolute Gasteiger partial charge is 0.454 e. The highest BCUT2D eigenvalue weighted by molar-refractivity contribution is 6.19. The third kappa shape index (κ3) is 8.73. The lowest BCUT2D eigenvalue weighted by Crippen LogP contribution is -2.15. The standard InChI is InChI=1S/C73H68N2O2/c1-5-7-8-12-23-47(3)55-30-19-32-59-61-35-22-37-67(73(61)77-70(55)59)75(66-45-41-54(50-24-13-9-14-25-50)46-63(66)52-28-17-11-18-29-52)65-44-40-53-39-42-56(68-49(6-2)38-43-62(65)69(53)68)48(4)74-64-36-21-34-60-58-33-20-31-57(71(58)76-72(60)64)51-26-15-10-16-27-51/h6,9,11,13-14,17-22,24-25,28-48,51,74H,5,7-8,10,12,15-16,23,26-27H2,1-4H3/b49-6-/t47?,48-/m0/s1. The molecule has 1 aliphatic carbocycles. The van der Waals surface area contributed by atoms with Crippen molar-refractivity contribution < 1.29 is 8.83 Å². The minimum absolute atomic E-state index is 0.0529. The Balaban J connectivity index is 1.00. The third-order valence-electron chi connectivity index (χ3n) is 17.2. The predicted molar refractivity (Wildman–Crippen MR) is 328 cm³/mol. The monoisotopic (exact) mass is 1000 g/mol. The Morgan fingerprint density at radius 3 is 1.97 bits per heavy atom. The van der Waals surface area contributed by atoms with Gasteiger partial charge in [-0.3, -0.25) is 0 Å². The maximum Gasteiger partial charge on any atom is 0.159 e. The summed E-state index contributed by atoms with van der Waals surface area (Å²) in [5, 5.41) is 14.8. The summed E-state index contributed by atoms with van der Waals surface area (Å²) in [6.07, 6.45) is 14.8. The van der Waals surface area contributed by atoms with Crippen molar-refractivity contribution in [3.63, 3.8) is 0 Å². The van der Waals surface area contributed by atoms with E-state index in [1.54, 1.807) is 0 Å². The summed E-state index contributed by atoms with van der Waals surface area (Å²) in [6, 6.07) is 69.5. The molecule has 1 unspecified atom stereocenters. The number of furan rings is 2. The van der Waals surface area contributed by atoms with Gasteiger partial charge < -0.3 is 19.1 Å². The van der Waals surface area contributed by atoms with E-state index in [-0.39, 0.29) is 6.04 Å². The molecule has 13 rings (SSSR count). The molecule has 2 atom stereocenters. The highest BCUT2D eigenvalue weighted by Gasteiger charge is 2.28. The van der Waals surface area contributed by atoms with Crippen LogP contribution in [0.5, 0.6) is 0 Å². The van der Waals surface area contributed by atoms with E-state index in [0.717, 1.165) is 78.8 Å². The first-order chi connectivity index (χ1) is 38.0. The number of anilines is 4. The second-order valence-corrected chi connectivity index (χ2v) is 21.9. The summed E-state index contributed by atoms with van der Waals surface area (Å²) in [6.45, 7) is 9.14. The summed E-state index contributed by atoms with van der Waals surface area (Å²) in [5.74, 6) is 0.921. The van der Waals surface area contributed by atoms with E-state index >= 15 is 0 Å². The van der Waals surface area contributed by atoms with Crippen LogP contribution >= 0.6 is 0 Å². The van der Waals surface area contributed by atoms with Crippen LogP contribution in [0.3, 0.4) is 0 Å². The number of unbranched alkanes of at least 4 members (excludes halogenated alkanes) is 3. The molecule has 0 bridgehead atoms. The molecule has 0 amide bonds. The number of nitrogens with zero attached hydrogens (tertiary/aromatic N) is 1. The molecule has 1 fully saturated rings. The normalized spacial score (nSPS) is 14.4. The highest BCUT2D eigenvalue weighted by Crippen LogP contribution is 2.50. The number of para-hydroxylation sites is 4. The molecular formula is C73H68N2O2. The van der Waals surface area contributed by atoms with Crippen molar-refractivity contribution in [1.29, 1.82) is 0 Å². The van der Waals surface area contributed by atoms with Crippen molar-refractivity contribution in [2.45, 2.75) is 110 Å². The topological polar surface area (TPSA) is 41.6 Å². The van der Waals surface area contributed by atoms with Crippen molar-refractivity contribution in [3.8, 4) is 22.3 Å². The van der Waals surface area contributed by atoms with Gasteiger partial charge in [0.05, 0.1) is 22.7 Å². The fourth-order valence-electron chi connectivity index (χ4n) is 13.2. The van der Waals surface area contributed by atoms with Crippen LogP contribution in [-0.4, -0.2) is 0 Å². The molecule has 0 aliphatic heterocycles. The molecule has 10 aromatic carbocycles. The summed E-state index contributed by atoms with van der Waals surface area (Å²) < 4.78 is 14.4. The Morgan fingerprint density at radius 1 is 0.519 bits per heavy atom. The molecular weight excluding hydrogens is 937 g/mol. The fourth-order valence-corrected chi connectivity index (χ4v) is 13.2. The van der Waals surface area contributed by atoms with Gasteiger partial charge in [-0.15, -0.1) is 0 Å². The summed E-state index contributed by atoms with van der Waals surface area (Å²) in [5.41, 5.74) is 16.6. The Bertz CT molecular complexity index is 4160. The van der Waals surface area contributed by atoms with Crippen LogP contribution in [-0.2, 0) is 0 Å². The molecule has 1 N–H and O–H groups in total. The van der Waals surface area contributed by atoms with Crippen LogP contribution in [0, 0.1) is 0 Å². The van der Waals surface area contributed by atoms with Gasteiger partial charge in [0, 0.05) is 38.5 Å². The van der Waals surface area contributed by atoms with E-state index in [9.17, 15) is 0 Å². The zero-order valence-corrected chi connectivity index (χ0v) is 45.0. The van der Waals surface area contributed by atoms with Crippen LogP contribution in [0.25, 0.3) is 93.8 Å². The maximum atomic E-state index is 7.37. The zero-order chi connectivity index (χ0) is 52.0. The lowest BCUT2D eigenvalue weighted by molar-refractivity contribution is 0.442. The Kier molecular flexibility index (Phi) is 13.1. The number of hydrogen-bond acceptors (Lipinski definition) is 4. The van der Waals surface area contributed by atoms with Gasteiger partial charge in [-0.05, 0) is 130 Å². The second-order valence-electron chi connectivity index (χ2n) is 21.9. The van der Waals surface area contributed by atoms with E-state index in [1.165, 1.54) is 118 Å². The minimum atomic E-state index is -0.0529. The van der Waals surface area contributed by atoms with Crippen LogP contribution in [0.1, 0.15) is 126 Å². The minimum Gasteiger partial charge on any atom is -0.454 e. The molecule has 4 heteroatoms. The lowest BCUT2D eigenvalue weighted by Gasteiger charge is -2.30. The number of fused-ring (bicyclic) bond motifs is 6. The zero-order valence-electron chi connectivity index (χ0n) is 45.0. The Morgan fingerprint density at radius 2 is 1.19 bits per heavy atom. The summed E-state index contributed by atoms with van der Waals surface area (Å²) in [7, 11) is 0. The first-order valence-electron chi connectivity index (χ1n) is 28.6. The molecule has 2 heterocycles. The molecule has 77 heavy (non-hydrogen) atoms. The van der Waals surface area contributed by atoms with E-state index in [0.29, 0.717) is 11.8 Å². The number of rotatable bonds is 15. The van der Waals surface area contributed by atoms with Gasteiger partial charge in [0.15, 0.2) is 11.2 Å². The van der Waals surface area contributed by atoms with E-state index in [4.69, 9.17) is 8.83 Å². The van der Waals surface area contributed by atoms with Crippen molar-refractivity contribution in [1.82, 2.24) is 0 Å². The average molecular weight is 1010 g/mol. The van der Waals surface area contributed by atoms with Gasteiger partial charge in [-0.1, -0.05) is 223 Å². The van der Waals surface area contributed by atoms with Gasteiger partial charge >= 0.3 is 0 Å². The SMILES string of the molecule is C/C=c1/ccc2c(N(c3ccc(-c4ccccc4)cc3-c3ccccc3)c3cccc4c3oc3c(C(C)CCCCCC)cccc34)ccc3ccc([C@H](C)Nc4cccc5c4oc4c(C6CCCCC6)cccc45)c1c32. The van der Waals surface area contributed by atoms with Gasteiger partial charge in [0.2, 0.25) is 0 Å². The molecule has 12 aromatic rings. The molecule has 1 saturated carbocycles. The molecule has 2 aromatic heterocycles. The molecule has 382 valence electrons. The molecule has 1 aliphatic rings. The Hall–Kier alpha value is -8.08. The van der Waals surface area contributed by atoms with Crippen molar-refractivity contribution in [3.05, 3.63) is 210 Å². The van der Waals surface area contributed by atoms with E-state index in [1.807, 2.05) is 0 Å². The number of nitrogens with one attached hydrogen (secondary N) is 1. The van der Waals surface area contributed by atoms with E-state index < -0.39 is 0 Å². The average Bonchev–Trinajstić information content (AvgIpc) is 4.12. The summed E-state index contributed by atoms with van der Waals surface area (Å²) >= 11 is 0. The Labute approximate surface area is 453 Å². The molecule has 0 spiro atoms. The van der Waals surface area contributed by atoms with Crippen LogP contribution in [0.2, 0.25) is 0 Å². The van der Waals surface area contributed by atoms with Crippen LogP contribution < -0.4 is 15.4 Å².